The second kappa shape index (κ2) is 6.35. The molecular weight excluding hydrogens is 268 g/mol. The van der Waals surface area contributed by atoms with E-state index in [-0.39, 0.29) is 18.2 Å². The van der Waals surface area contributed by atoms with Gasteiger partial charge < -0.3 is 20.1 Å². The highest BCUT2D eigenvalue weighted by molar-refractivity contribution is 5.74. The number of ether oxygens (including phenoxy) is 2. The number of urea groups is 1. The van der Waals surface area contributed by atoms with E-state index in [9.17, 15) is 4.79 Å². The van der Waals surface area contributed by atoms with Crippen LogP contribution in [-0.2, 0) is 17.6 Å². The molecule has 1 aromatic carbocycles. The summed E-state index contributed by atoms with van der Waals surface area (Å²) in [6, 6.07) is 6.28. The van der Waals surface area contributed by atoms with Crippen molar-refractivity contribution in [3.05, 3.63) is 29.3 Å². The average Bonchev–Trinajstić information content (AvgIpc) is 3.08. The van der Waals surface area contributed by atoms with Gasteiger partial charge in [-0.25, -0.2) is 4.79 Å². The summed E-state index contributed by atoms with van der Waals surface area (Å²) in [5.74, 6) is 1.000. The maximum atomic E-state index is 11.8. The Kier molecular flexibility index (Phi) is 4.29. The monoisotopic (exact) mass is 290 g/mol. The average molecular weight is 290 g/mol. The standard InChI is InChI=1S/C16H22N2O3/c1-11-14(6-9-20-11)18-16(19)17-7-4-12-2-3-15-13(10-12)5-8-21-15/h2-3,10-11,14H,4-9H2,1H3,(H2,17,18,19). The number of hydrogen-bond acceptors (Lipinski definition) is 3. The zero-order valence-electron chi connectivity index (χ0n) is 12.4. The Morgan fingerprint density at radius 1 is 1.38 bits per heavy atom. The molecule has 5 heteroatoms. The minimum Gasteiger partial charge on any atom is -0.493 e. The van der Waals surface area contributed by atoms with Gasteiger partial charge in [-0.05, 0) is 37.0 Å². The van der Waals surface area contributed by atoms with Gasteiger partial charge in [0.05, 0.1) is 18.8 Å². The van der Waals surface area contributed by atoms with Crippen LogP contribution in [0.25, 0.3) is 0 Å². The van der Waals surface area contributed by atoms with Gasteiger partial charge in [0.15, 0.2) is 0 Å². The Morgan fingerprint density at radius 3 is 3.10 bits per heavy atom. The van der Waals surface area contributed by atoms with Crippen molar-refractivity contribution < 1.29 is 14.3 Å². The van der Waals surface area contributed by atoms with Crippen LogP contribution in [0.4, 0.5) is 4.79 Å². The summed E-state index contributed by atoms with van der Waals surface area (Å²) in [6.45, 7) is 4.13. The molecule has 2 heterocycles. The van der Waals surface area contributed by atoms with E-state index < -0.39 is 0 Å². The van der Waals surface area contributed by atoms with Crippen molar-refractivity contribution >= 4 is 6.03 Å². The van der Waals surface area contributed by atoms with Gasteiger partial charge >= 0.3 is 6.03 Å². The van der Waals surface area contributed by atoms with Gasteiger partial charge in [0.1, 0.15) is 5.75 Å². The molecule has 2 aliphatic rings. The number of carbonyl (C=O) groups is 1. The minimum absolute atomic E-state index is 0.104. The number of carbonyl (C=O) groups excluding carboxylic acids is 1. The Morgan fingerprint density at radius 2 is 2.29 bits per heavy atom. The van der Waals surface area contributed by atoms with E-state index in [2.05, 4.69) is 22.8 Å². The number of benzene rings is 1. The van der Waals surface area contributed by atoms with Crippen LogP contribution in [-0.4, -0.2) is 37.9 Å². The summed E-state index contributed by atoms with van der Waals surface area (Å²) in [6.07, 6.45) is 2.81. The Labute approximate surface area is 125 Å². The molecule has 3 rings (SSSR count). The summed E-state index contributed by atoms with van der Waals surface area (Å²) in [7, 11) is 0. The van der Waals surface area contributed by atoms with E-state index in [1.165, 1.54) is 11.1 Å². The molecule has 0 spiro atoms. The van der Waals surface area contributed by atoms with Crippen LogP contribution in [0, 0.1) is 0 Å². The van der Waals surface area contributed by atoms with Crippen molar-refractivity contribution in [3.63, 3.8) is 0 Å². The smallest absolute Gasteiger partial charge is 0.315 e. The molecule has 1 saturated heterocycles. The zero-order valence-corrected chi connectivity index (χ0v) is 12.4. The Balaban J connectivity index is 1.42. The Bertz CT molecular complexity index is 518. The molecule has 2 aliphatic heterocycles. The maximum Gasteiger partial charge on any atom is 0.315 e. The van der Waals surface area contributed by atoms with E-state index in [4.69, 9.17) is 9.47 Å². The summed E-state index contributed by atoms with van der Waals surface area (Å²) in [4.78, 5) is 11.8. The SMILES string of the molecule is CC1OCCC1NC(=O)NCCc1ccc2c(c1)CCO2. The molecule has 114 valence electrons. The normalized spacial score (nSPS) is 23.5. The molecule has 0 radical (unpaired) electrons. The van der Waals surface area contributed by atoms with Gasteiger partial charge in [-0.1, -0.05) is 12.1 Å². The van der Waals surface area contributed by atoms with Crippen molar-refractivity contribution in [2.75, 3.05) is 19.8 Å². The quantitative estimate of drug-likeness (QED) is 0.886. The molecule has 2 N–H and O–H groups in total. The van der Waals surface area contributed by atoms with Crippen molar-refractivity contribution in [1.29, 1.82) is 0 Å². The van der Waals surface area contributed by atoms with Crippen molar-refractivity contribution in [2.45, 2.75) is 38.3 Å². The van der Waals surface area contributed by atoms with Crippen LogP contribution in [0.15, 0.2) is 18.2 Å². The largest absolute Gasteiger partial charge is 0.493 e. The molecule has 0 saturated carbocycles. The van der Waals surface area contributed by atoms with Gasteiger partial charge in [0.2, 0.25) is 0 Å². The molecule has 0 bridgehead atoms. The topological polar surface area (TPSA) is 59.6 Å². The van der Waals surface area contributed by atoms with Crippen LogP contribution in [0.1, 0.15) is 24.5 Å². The van der Waals surface area contributed by atoms with Gasteiger partial charge in [-0.3, -0.25) is 0 Å². The number of fused-ring (bicyclic) bond motifs is 1. The van der Waals surface area contributed by atoms with Crippen molar-refractivity contribution in [3.8, 4) is 5.75 Å². The molecule has 1 aromatic rings. The fraction of sp³-hybridized carbons (Fsp3) is 0.562. The summed E-state index contributed by atoms with van der Waals surface area (Å²) in [5, 5.41) is 5.87. The van der Waals surface area contributed by atoms with Crippen LogP contribution in [0.5, 0.6) is 5.75 Å². The van der Waals surface area contributed by atoms with Crippen LogP contribution in [0.2, 0.25) is 0 Å². The summed E-state index contributed by atoms with van der Waals surface area (Å²) in [5.41, 5.74) is 2.51. The minimum atomic E-state index is -0.109. The zero-order chi connectivity index (χ0) is 14.7. The number of hydrogen-bond donors (Lipinski definition) is 2. The highest BCUT2D eigenvalue weighted by Crippen LogP contribution is 2.25. The molecule has 0 aromatic heterocycles. The maximum absolute atomic E-state index is 11.8. The van der Waals surface area contributed by atoms with E-state index in [0.29, 0.717) is 6.54 Å². The number of rotatable bonds is 4. The predicted molar refractivity (Wildman–Crippen MR) is 79.7 cm³/mol. The van der Waals surface area contributed by atoms with Crippen molar-refractivity contribution in [2.24, 2.45) is 0 Å². The van der Waals surface area contributed by atoms with E-state index in [1.807, 2.05) is 13.0 Å². The van der Waals surface area contributed by atoms with Crippen molar-refractivity contribution in [1.82, 2.24) is 10.6 Å². The lowest BCUT2D eigenvalue weighted by atomic mass is 10.1. The number of amides is 2. The lowest BCUT2D eigenvalue weighted by Crippen LogP contribution is -2.45. The fourth-order valence-corrected chi connectivity index (χ4v) is 2.86. The van der Waals surface area contributed by atoms with E-state index in [0.717, 1.165) is 38.2 Å². The predicted octanol–water partition coefficient (Wildman–Crippen LogP) is 1.64. The molecule has 21 heavy (non-hydrogen) atoms. The van der Waals surface area contributed by atoms with E-state index in [1.54, 1.807) is 0 Å². The second-order valence-corrected chi connectivity index (χ2v) is 5.66. The summed E-state index contributed by atoms with van der Waals surface area (Å²) >= 11 is 0. The van der Waals surface area contributed by atoms with E-state index >= 15 is 0 Å². The number of nitrogens with one attached hydrogen (secondary N) is 2. The molecular formula is C16H22N2O3. The highest BCUT2D eigenvalue weighted by Gasteiger charge is 2.25. The van der Waals surface area contributed by atoms with Gasteiger partial charge in [-0.15, -0.1) is 0 Å². The third kappa shape index (κ3) is 3.47. The lowest BCUT2D eigenvalue weighted by Gasteiger charge is -2.16. The van der Waals surface area contributed by atoms with Gasteiger partial charge in [-0.2, -0.15) is 0 Å². The molecule has 2 unspecified atom stereocenters. The first kappa shape index (κ1) is 14.2. The van der Waals surface area contributed by atoms with Crippen LogP contribution in [0.3, 0.4) is 0 Å². The third-order valence-corrected chi connectivity index (χ3v) is 4.15. The fourth-order valence-electron chi connectivity index (χ4n) is 2.86. The molecule has 2 atom stereocenters. The Hall–Kier alpha value is -1.75. The van der Waals surface area contributed by atoms with Crippen LogP contribution >= 0.6 is 0 Å². The lowest BCUT2D eigenvalue weighted by molar-refractivity contribution is 0.114. The first-order chi connectivity index (χ1) is 10.2. The van der Waals surface area contributed by atoms with Gasteiger partial charge in [0, 0.05) is 19.6 Å². The molecule has 0 aliphatic carbocycles. The first-order valence-electron chi connectivity index (χ1n) is 7.63. The van der Waals surface area contributed by atoms with Crippen LogP contribution < -0.4 is 15.4 Å². The summed E-state index contributed by atoms with van der Waals surface area (Å²) < 4.78 is 10.9. The van der Waals surface area contributed by atoms with Gasteiger partial charge in [0.25, 0.3) is 0 Å². The molecule has 2 amide bonds. The first-order valence-corrected chi connectivity index (χ1v) is 7.63. The third-order valence-electron chi connectivity index (χ3n) is 4.15. The second-order valence-electron chi connectivity index (χ2n) is 5.66. The highest BCUT2D eigenvalue weighted by atomic mass is 16.5. The molecule has 1 fully saturated rings. The molecule has 5 nitrogen and oxygen atoms in total.